The lowest BCUT2D eigenvalue weighted by Gasteiger charge is -2.18. The van der Waals surface area contributed by atoms with Gasteiger partial charge in [0, 0.05) is 5.69 Å². The van der Waals surface area contributed by atoms with Crippen LogP contribution in [0.5, 0.6) is 0 Å². The minimum absolute atomic E-state index is 0.0242. The Hall–Kier alpha value is -2.29. The monoisotopic (exact) mass is 296 g/mol. The lowest BCUT2D eigenvalue weighted by molar-refractivity contribution is 0.248. The third kappa shape index (κ3) is 4.35. The number of anilines is 1. The molecule has 0 spiro atoms. The number of amides is 2. The summed E-state index contributed by atoms with van der Waals surface area (Å²) < 4.78 is 0. The standard InChI is InChI=1S/C19H24N2O/c1-4-18(16-8-6-5-7-9-16)21-19(22)20-17-12-10-15(11-13-17)14(2)3/h5-14,18H,4H2,1-3H3,(H2,20,21,22). The van der Waals surface area contributed by atoms with E-state index in [0.717, 1.165) is 17.7 Å². The Morgan fingerprint density at radius 1 is 0.955 bits per heavy atom. The van der Waals surface area contributed by atoms with Crippen molar-refractivity contribution in [3.63, 3.8) is 0 Å². The second kappa shape index (κ2) is 7.64. The van der Waals surface area contributed by atoms with Crippen LogP contribution in [0.25, 0.3) is 0 Å². The van der Waals surface area contributed by atoms with E-state index in [0.29, 0.717) is 5.92 Å². The Kier molecular flexibility index (Phi) is 5.59. The topological polar surface area (TPSA) is 41.1 Å². The second-order valence-corrected chi connectivity index (χ2v) is 5.75. The quantitative estimate of drug-likeness (QED) is 0.793. The number of hydrogen-bond donors (Lipinski definition) is 2. The number of nitrogens with one attached hydrogen (secondary N) is 2. The first-order valence-corrected chi connectivity index (χ1v) is 7.82. The molecule has 1 atom stereocenters. The molecule has 2 N–H and O–H groups in total. The van der Waals surface area contributed by atoms with Gasteiger partial charge in [0.25, 0.3) is 0 Å². The third-order valence-corrected chi connectivity index (χ3v) is 3.75. The lowest BCUT2D eigenvalue weighted by Crippen LogP contribution is -2.32. The molecule has 0 aliphatic rings. The Balaban J connectivity index is 1.97. The smallest absolute Gasteiger partial charge is 0.319 e. The van der Waals surface area contributed by atoms with Gasteiger partial charge in [-0.1, -0.05) is 63.2 Å². The number of rotatable bonds is 5. The van der Waals surface area contributed by atoms with Crippen molar-refractivity contribution < 1.29 is 4.79 Å². The Bertz CT molecular complexity index is 591. The maximum absolute atomic E-state index is 12.2. The summed E-state index contributed by atoms with van der Waals surface area (Å²) in [4.78, 5) is 12.2. The van der Waals surface area contributed by atoms with Gasteiger partial charge in [0.15, 0.2) is 0 Å². The van der Waals surface area contributed by atoms with E-state index in [1.165, 1.54) is 5.56 Å². The molecule has 0 aliphatic heterocycles. The van der Waals surface area contributed by atoms with Gasteiger partial charge in [0.1, 0.15) is 0 Å². The molecule has 2 aromatic carbocycles. The van der Waals surface area contributed by atoms with Gasteiger partial charge < -0.3 is 10.6 Å². The molecular formula is C19H24N2O. The molecule has 0 fully saturated rings. The van der Waals surface area contributed by atoms with Gasteiger partial charge in [-0.15, -0.1) is 0 Å². The number of benzene rings is 2. The van der Waals surface area contributed by atoms with Crippen LogP contribution in [0, 0.1) is 0 Å². The zero-order valence-electron chi connectivity index (χ0n) is 13.5. The van der Waals surface area contributed by atoms with Crippen LogP contribution in [-0.2, 0) is 0 Å². The van der Waals surface area contributed by atoms with Crippen LogP contribution in [0.3, 0.4) is 0 Å². The Labute approximate surface area is 132 Å². The van der Waals surface area contributed by atoms with Gasteiger partial charge in [-0.25, -0.2) is 4.79 Å². The molecule has 0 aliphatic carbocycles. The third-order valence-electron chi connectivity index (χ3n) is 3.75. The predicted octanol–water partition coefficient (Wildman–Crippen LogP) is 5.08. The first kappa shape index (κ1) is 16.1. The summed E-state index contributed by atoms with van der Waals surface area (Å²) in [6.45, 7) is 6.37. The highest BCUT2D eigenvalue weighted by Gasteiger charge is 2.12. The van der Waals surface area contributed by atoms with Crippen molar-refractivity contribution in [3.8, 4) is 0 Å². The molecule has 0 bridgehead atoms. The van der Waals surface area contributed by atoms with Crippen molar-refractivity contribution in [2.24, 2.45) is 0 Å². The van der Waals surface area contributed by atoms with E-state index in [9.17, 15) is 4.79 Å². The second-order valence-electron chi connectivity index (χ2n) is 5.75. The van der Waals surface area contributed by atoms with Crippen molar-refractivity contribution in [2.75, 3.05) is 5.32 Å². The van der Waals surface area contributed by atoms with Gasteiger partial charge in [-0.05, 0) is 35.6 Å². The summed E-state index contributed by atoms with van der Waals surface area (Å²) in [6.07, 6.45) is 0.851. The highest BCUT2D eigenvalue weighted by atomic mass is 16.2. The lowest BCUT2D eigenvalue weighted by atomic mass is 10.0. The summed E-state index contributed by atoms with van der Waals surface area (Å²) in [5.41, 5.74) is 3.20. The maximum Gasteiger partial charge on any atom is 0.319 e. The van der Waals surface area contributed by atoms with E-state index in [4.69, 9.17) is 0 Å². The minimum Gasteiger partial charge on any atom is -0.331 e. The van der Waals surface area contributed by atoms with Crippen LogP contribution in [-0.4, -0.2) is 6.03 Å². The molecule has 0 heterocycles. The van der Waals surface area contributed by atoms with E-state index < -0.39 is 0 Å². The average molecular weight is 296 g/mol. The first-order chi connectivity index (χ1) is 10.6. The Morgan fingerprint density at radius 3 is 2.14 bits per heavy atom. The van der Waals surface area contributed by atoms with Gasteiger partial charge in [0.05, 0.1) is 6.04 Å². The Morgan fingerprint density at radius 2 is 1.59 bits per heavy atom. The predicted molar refractivity (Wildman–Crippen MR) is 92.2 cm³/mol. The molecule has 116 valence electrons. The zero-order valence-corrected chi connectivity index (χ0v) is 13.5. The summed E-state index contributed by atoms with van der Waals surface area (Å²) in [5.74, 6) is 0.491. The molecule has 2 rings (SSSR count). The van der Waals surface area contributed by atoms with E-state index in [-0.39, 0.29) is 12.1 Å². The zero-order chi connectivity index (χ0) is 15.9. The molecule has 0 saturated carbocycles. The molecule has 0 radical (unpaired) electrons. The SMILES string of the molecule is CCC(NC(=O)Nc1ccc(C(C)C)cc1)c1ccccc1. The van der Waals surface area contributed by atoms with Gasteiger partial charge in [0.2, 0.25) is 0 Å². The van der Waals surface area contributed by atoms with E-state index in [1.54, 1.807) is 0 Å². The van der Waals surface area contributed by atoms with Crippen LogP contribution in [0.15, 0.2) is 54.6 Å². The van der Waals surface area contributed by atoms with Crippen molar-refractivity contribution in [3.05, 3.63) is 65.7 Å². The fraction of sp³-hybridized carbons (Fsp3) is 0.316. The summed E-state index contributed by atoms with van der Waals surface area (Å²) >= 11 is 0. The maximum atomic E-state index is 12.2. The minimum atomic E-state index is -0.173. The molecule has 0 aromatic heterocycles. The van der Waals surface area contributed by atoms with Crippen LogP contribution >= 0.6 is 0 Å². The van der Waals surface area contributed by atoms with E-state index in [1.807, 2.05) is 42.5 Å². The van der Waals surface area contributed by atoms with Crippen molar-refractivity contribution in [1.82, 2.24) is 5.32 Å². The van der Waals surface area contributed by atoms with Gasteiger partial charge >= 0.3 is 6.03 Å². The summed E-state index contributed by atoms with van der Waals surface area (Å²) in [5, 5.41) is 5.91. The van der Waals surface area contributed by atoms with Gasteiger partial charge in [-0.2, -0.15) is 0 Å². The van der Waals surface area contributed by atoms with Crippen LogP contribution < -0.4 is 10.6 Å². The highest BCUT2D eigenvalue weighted by molar-refractivity contribution is 5.89. The van der Waals surface area contributed by atoms with Crippen molar-refractivity contribution in [1.29, 1.82) is 0 Å². The summed E-state index contributed by atoms with van der Waals surface area (Å²) in [7, 11) is 0. The van der Waals surface area contributed by atoms with Crippen LogP contribution in [0.4, 0.5) is 10.5 Å². The fourth-order valence-electron chi connectivity index (χ4n) is 2.38. The molecule has 22 heavy (non-hydrogen) atoms. The largest absolute Gasteiger partial charge is 0.331 e. The van der Waals surface area contributed by atoms with E-state index >= 15 is 0 Å². The highest BCUT2D eigenvalue weighted by Crippen LogP contribution is 2.18. The number of hydrogen-bond acceptors (Lipinski definition) is 1. The molecule has 3 heteroatoms. The molecular weight excluding hydrogens is 272 g/mol. The number of urea groups is 1. The van der Waals surface area contributed by atoms with Crippen molar-refractivity contribution >= 4 is 11.7 Å². The molecule has 3 nitrogen and oxygen atoms in total. The first-order valence-electron chi connectivity index (χ1n) is 7.82. The molecule has 2 aromatic rings. The van der Waals surface area contributed by atoms with E-state index in [2.05, 4.69) is 43.5 Å². The molecule has 2 amide bonds. The van der Waals surface area contributed by atoms with Crippen LogP contribution in [0.1, 0.15) is 50.3 Å². The molecule has 0 saturated heterocycles. The number of carbonyl (C=O) groups excluding carboxylic acids is 1. The normalized spacial score (nSPS) is 12.0. The molecule has 1 unspecified atom stereocenters. The van der Waals surface area contributed by atoms with Crippen LogP contribution in [0.2, 0.25) is 0 Å². The van der Waals surface area contributed by atoms with Crippen molar-refractivity contribution in [2.45, 2.75) is 39.2 Å². The summed E-state index contributed by atoms with van der Waals surface area (Å²) in [6, 6.07) is 17.9. The fourth-order valence-corrected chi connectivity index (χ4v) is 2.38. The number of carbonyl (C=O) groups is 1. The van der Waals surface area contributed by atoms with Gasteiger partial charge in [-0.3, -0.25) is 0 Å². The average Bonchev–Trinajstić information content (AvgIpc) is 2.54.